The quantitative estimate of drug-likeness (QED) is 0.326. The molecule has 0 aromatic heterocycles. The third kappa shape index (κ3) is 8.16. The Bertz CT molecular complexity index is 1400. The van der Waals surface area contributed by atoms with Crippen LogP contribution in [-0.2, 0) is 39.1 Å². The molecular formula is C31H37N3O5S. The predicted octanol–water partition coefficient (Wildman–Crippen LogP) is 4.11. The predicted molar refractivity (Wildman–Crippen MR) is 154 cm³/mol. The van der Waals surface area contributed by atoms with Crippen molar-refractivity contribution in [1.29, 1.82) is 0 Å². The number of benzene rings is 3. The molecule has 0 heterocycles. The Morgan fingerprint density at radius 3 is 2.12 bits per heavy atom. The third-order valence-electron chi connectivity index (χ3n) is 7.03. The van der Waals surface area contributed by atoms with E-state index in [4.69, 9.17) is 4.74 Å². The largest absolute Gasteiger partial charge is 0.497 e. The fourth-order valence-corrected chi connectivity index (χ4v) is 5.58. The first-order valence-corrected chi connectivity index (χ1v) is 15.0. The van der Waals surface area contributed by atoms with E-state index in [-0.39, 0.29) is 35.7 Å². The van der Waals surface area contributed by atoms with E-state index < -0.39 is 16.1 Å². The molecule has 1 atom stereocenters. The Kier molecular flexibility index (Phi) is 9.60. The lowest BCUT2D eigenvalue weighted by atomic mass is 10.1. The van der Waals surface area contributed by atoms with Crippen LogP contribution in [0.4, 0.5) is 0 Å². The van der Waals surface area contributed by atoms with E-state index in [2.05, 4.69) is 10.0 Å². The molecule has 9 heteroatoms. The van der Waals surface area contributed by atoms with Crippen LogP contribution < -0.4 is 14.8 Å². The van der Waals surface area contributed by atoms with Gasteiger partial charge in [-0.2, -0.15) is 0 Å². The molecule has 40 heavy (non-hydrogen) atoms. The summed E-state index contributed by atoms with van der Waals surface area (Å²) in [5, 5.41) is 2.95. The van der Waals surface area contributed by atoms with Gasteiger partial charge in [-0.05, 0) is 74.1 Å². The molecule has 1 aliphatic rings. The summed E-state index contributed by atoms with van der Waals surface area (Å²) < 4.78 is 32.8. The van der Waals surface area contributed by atoms with Gasteiger partial charge in [-0.1, -0.05) is 54.1 Å². The van der Waals surface area contributed by atoms with Gasteiger partial charge >= 0.3 is 0 Å². The van der Waals surface area contributed by atoms with Crippen LogP contribution in [0, 0.1) is 6.92 Å². The van der Waals surface area contributed by atoms with Crippen molar-refractivity contribution < 1.29 is 22.7 Å². The Morgan fingerprint density at radius 1 is 0.925 bits per heavy atom. The van der Waals surface area contributed by atoms with Crippen LogP contribution in [0.1, 0.15) is 48.4 Å². The van der Waals surface area contributed by atoms with Crippen molar-refractivity contribution in [3.8, 4) is 5.75 Å². The molecule has 0 spiro atoms. The molecule has 1 fully saturated rings. The van der Waals surface area contributed by atoms with Gasteiger partial charge in [0.15, 0.2) is 0 Å². The molecule has 0 aliphatic heterocycles. The second kappa shape index (κ2) is 13.1. The lowest BCUT2D eigenvalue weighted by Gasteiger charge is -2.29. The zero-order valence-corrected chi connectivity index (χ0v) is 24.0. The Balaban J connectivity index is 1.42. The maximum absolute atomic E-state index is 13.5. The number of methoxy groups -OCH3 is 1. The molecule has 3 aromatic rings. The minimum Gasteiger partial charge on any atom is -0.497 e. The average molecular weight is 564 g/mol. The summed E-state index contributed by atoms with van der Waals surface area (Å²) in [6, 6.07) is 21.3. The van der Waals surface area contributed by atoms with Gasteiger partial charge in [0.05, 0.1) is 12.0 Å². The number of aryl methyl sites for hydroxylation is 2. The second-order valence-electron chi connectivity index (χ2n) is 10.3. The summed E-state index contributed by atoms with van der Waals surface area (Å²) in [4.78, 5) is 28.4. The summed E-state index contributed by atoms with van der Waals surface area (Å²) in [6.45, 7) is 4.39. The molecule has 0 bridgehead atoms. The maximum Gasteiger partial charge on any atom is 0.242 e. The lowest BCUT2D eigenvalue weighted by Crippen LogP contribution is -2.47. The van der Waals surface area contributed by atoms with Crippen molar-refractivity contribution in [1.82, 2.24) is 14.9 Å². The minimum atomic E-state index is -3.53. The van der Waals surface area contributed by atoms with E-state index in [9.17, 15) is 18.0 Å². The van der Waals surface area contributed by atoms with Gasteiger partial charge in [-0.3, -0.25) is 9.59 Å². The van der Waals surface area contributed by atoms with Crippen LogP contribution >= 0.6 is 0 Å². The first kappa shape index (κ1) is 29.3. The third-order valence-corrected chi connectivity index (χ3v) is 8.56. The summed E-state index contributed by atoms with van der Waals surface area (Å²) in [5.41, 5.74) is 3.85. The van der Waals surface area contributed by atoms with E-state index in [0.717, 1.165) is 35.1 Å². The van der Waals surface area contributed by atoms with Gasteiger partial charge in [0.25, 0.3) is 0 Å². The molecule has 212 valence electrons. The van der Waals surface area contributed by atoms with Crippen molar-refractivity contribution in [2.45, 2.75) is 69.6 Å². The number of hydrogen-bond donors (Lipinski definition) is 2. The number of nitrogens with one attached hydrogen (secondary N) is 2. The molecule has 0 radical (unpaired) electrons. The van der Waals surface area contributed by atoms with Crippen LogP contribution in [-0.4, -0.2) is 44.3 Å². The smallest absolute Gasteiger partial charge is 0.242 e. The van der Waals surface area contributed by atoms with E-state index >= 15 is 0 Å². The molecule has 1 saturated carbocycles. The molecule has 8 nitrogen and oxygen atoms in total. The van der Waals surface area contributed by atoms with Gasteiger partial charge in [-0.25, -0.2) is 13.1 Å². The highest BCUT2D eigenvalue weighted by Gasteiger charge is 2.28. The van der Waals surface area contributed by atoms with Crippen molar-refractivity contribution in [3.05, 3.63) is 95.1 Å². The summed E-state index contributed by atoms with van der Waals surface area (Å²) in [6.07, 6.45) is 2.34. The summed E-state index contributed by atoms with van der Waals surface area (Å²) in [5.74, 6) is 0.310. The molecule has 0 saturated heterocycles. The number of rotatable bonds is 13. The van der Waals surface area contributed by atoms with Crippen LogP contribution in [0.25, 0.3) is 0 Å². The van der Waals surface area contributed by atoms with Crippen LogP contribution in [0.3, 0.4) is 0 Å². The number of ether oxygens (including phenoxy) is 1. The maximum atomic E-state index is 13.5. The number of carbonyl (C=O) groups excluding carboxylic acids is 2. The van der Waals surface area contributed by atoms with E-state index in [1.807, 2.05) is 55.5 Å². The van der Waals surface area contributed by atoms with Gasteiger partial charge < -0.3 is 15.0 Å². The first-order valence-electron chi connectivity index (χ1n) is 13.5. The highest BCUT2D eigenvalue weighted by Crippen LogP contribution is 2.23. The van der Waals surface area contributed by atoms with Gasteiger partial charge in [-0.15, -0.1) is 0 Å². The number of hydrogen-bond acceptors (Lipinski definition) is 5. The first-order chi connectivity index (χ1) is 19.1. The summed E-state index contributed by atoms with van der Waals surface area (Å²) >= 11 is 0. The number of amides is 2. The molecule has 1 aliphatic carbocycles. The fourth-order valence-electron chi connectivity index (χ4n) is 4.27. The molecule has 0 unspecified atom stereocenters. The molecular weight excluding hydrogens is 526 g/mol. The topological polar surface area (TPSA) is 105 Å². The Hall–Kier alpha value is -3.69. The SMILES string of the molecule is COc1ccc(CN(C(=O)CCc2ccc(S(=O)(=O)NC3CC3)cc2)[C@@H](C)C(=O)NCc2ccc(C)cc2)cc1. The average Bonchev–Trinajstić information content (AvgIpc) is 3.77. The lowest BCUT2D eigenvalue weighted by molar-refractivity contribution is -0.140. The molecule has 2 amide bonds. The number of sulfonamides is 1. The summed E-state index contributed by atoms with van der Waals surface area (Å²) in [7, 11) is -1.93. The number of carbonyl (C=O) groups is 2. The molecule has 4 rings (SSSR count). The Labute approximate surface area is 236 Å². The fraction of sp³-hybridized carbons (Fsp3) is 0.355. The Morgan fingerprint density at radius 2 is 1.52 bits per heavy atom. The molecule has 2 N–H and O–H groups in total. The minimum absolute atomic E-state index is 0.0371. The zero-order chi connectivity index (χ0) is 28.7. The van der Waals surface area contributed by atoms with E-state index in [0.29, 0.717) is 18.7 Å². The van der Waals surface area contributed by atoms with Crippen molar-refractivity contribution in [3.63, 3.8) is 0 Å². The van der Waals surface area contributed by atoms with Crippen LogP contribution in [0.2, 0.25) is 0 Å². The second-order valence-corrected chi connectivity index (χ2v) is 12.0. The van der Waals surface area contributed by atoms with Crippen molar-refractivity contribution >= 4 is 21.8 Å². The molecule has 3 aromatic carbocycles. The zero-order valence-electron chi connectivity index (χ0n) is 23.2. The highest BCUT2D eigenvalue weighted by molar-refractivity contribution is 7.89. The number of nitrogens with zero attached hydrogens (tertiary/aromatic N) is 1. The van der Waals surface area contributed by atoms with Crippen molar-refractivity contribution in [2.24, 2.45) is 0 Å². The van der Waals surface area contributed by atoms with E-state index in [1.54, 1.807) is 43.2 Å². The van der Waals surface area contributed by atoms with Gasteiger partial charge in [0.1, 0.15) is 11.8 Å². The standard InChI is InChI=1S/C31H37N3O5S/c1-22-4-6-25(7-5-22)20-32-31(36)23(2)34(21-26-8-15-28(39-3)16-9-26)30(35)19-12-24-10-17-29(18-11-24)40(37,38)33-27-13-14-27/h4-11,15-18,23,27,33H,12-14,19-21H2,1-3H3,(H,32,36)/t23-/m0/s1. The van der Waals surface area contributed by atoms with E-state index in [1.165, 1.54) is 0 Å². The van der Waals surface area contributed by atoms with Gasteiger partial charge in [0, 0.05) is 25.6 Å². The normalized spacial score (nSPS) is 13.9. The van der Waals surface area contributed by atoms with Crippen LogP contribution in [0.15, 0.2) is 77.7 Å². The monoisotopic (exact) mass is 563 g/mol. The van der Waals surface area contributed by atoms with Crippen LogP contribution in [0.5, 0.6) is 5.75 Å². The highest BCUT2D eigenvalue weighted by atomic mass is 32.2. The van der Waals surface area contributed by atoms with Gasteiger partial charge in [0.2, 0.25) is 21.8 Å². The van der Waals surface area contributed by atoms with Crippen molar-refractivity contribution in [2.75, 3.05) is 7.11 Å².